The molecule has 32 heavy (non-hydrogen) atoms. The molecule has 2 amide bonds. The van der Waals surface area contributed by atoms with Gasteiger partial charge in [0.25, 0.3) is 5.91 Å². The van der Waals surface area contributed by atoms with Gasteiger partial charge in [0.1, 0.15) is 0 Å². The number of thiazole rings is 1. The molecule has 0 bridgehead atoms. The van der Waals surface area contributed by atoms with Crippen molar-refractivity contribution in [1.29, 1.82) is 0 Å². The summed E-state index contributed by atoms with van der Waals surface area (Å²) in [7, 11) is 0. The second kappa shape index (κ2) is 10.7. The Morgan fingerprint density at radius 1 is 1.22 bits per heavy atom. The molecule has 6 nitrogen and oxygen atoms in total. The Morgan fingerprint density at radius 2 is 2.06 bits per heavy atom. The second-order valence-corrected chi connectivity index (χ2v) is 9.70. The summed E-state index contributed by atoms with van der Waals surface area (Å²) in [5.74, 6) is 0.173. The van der Waals surface area contributed by atoms with Gasteiger partial charge in [-0.25, -0.2) is 0 Å². The Kier molecular flexibility index (Phi) is 7.67. The summed E-state index contributed by atoms with van der Waals surface area (Å²) in [5.41, 5.74) is 3.15. The zero-order valence-electron chi connectivity index (χ0n) is 17.8. The highest BCUT2D eigenvalue weighted by Crippen LogP contribution is 2.28. The van der Waals surface area contributed by atoms with Crippen molar-refractivity contribution in [3.05, 3.63) is 57.9 Å². The van der Waals surface area contributed by atoms with E-state index >= 15 is 0 Å². The van der Waals surface area contributed by atoms with Crippen molar-refractivity contribution in [2.45, 2.75) is 19.9 Å². The fraction of sp³-hybridized carbons (Fsp3) is 0.348. The fourth-order valence-corrected chi connectivity index (χ4v) is 5.71. The molecule has 3 aromatic rings. The number of carbonyl (C=O) groups excluding carboxylic acids is 2. The zero-order valence-corrected chi connectivity index (χ0v) is 20.1. The molecule has 0 aliphatic carbocycles. The van der Waals surface area contributed by atoms with Gasteiger partial charge in [-0.1, -0.05) is 41.1 Å². The van der Waals surface area contributed by atoms with Crippen LogP contribution < -0.4 is 9.70 Å². The molecular formula is C23H24ClN3O3S2. The van der Waals surface area contributed by atoms with Crippen molar-refractivity contribution < 1.29 is 14.3 Å². The van der Waals surface area contributed by atoms with Crippen molar-refractivity contribution in [3.63, 3.8) is 0 Å². The van der Waals surface area contributed by atoms with Crippen LogP contribution in [0.4, 0.5) is 5.69 Å². The summed E-state index contributed by atoms with van der Waals surface area (Å²) in [6.45, 7) is 4.41. The van der Waals surface area contributed by atoms with E-state index in [0.717, 1.165) is 22.3 Å². The number of carbonyl (C=O) groups is 2. The largest absolute Gasteiger partial charge is 0.380 e. The van der Waals surface area contributed by atoms with E-state index in [1.54, 1.807) is 4.90 Å². The van der Waals surface area contributed by atoms with E-state index in [9.17, 15) is 9.59 Å². The SMILES string of the molecule is CCOCCn1c(=NC(=O)CSCC(=O)N2CCc3ccccc32)sc2cc(Cl)ccc21. The number of thioether (sulfide) groups is 1. The Bertz CT molecular complexity index is 1200. The van der Waals surface area contributed by atoms with Crippen LogP contribution >= 0.6 is 34.7 Å². The van der Waals surface area contributed by atoms with Gasteiger partial charge in [0, 0.05) is 30.4 Å². The van der Waals surface area contributed by atoms with E-state index < -0.39 is 0 Å². The zero-order chi connectivity index (χ0) is 22.5. The lowest BCUT2D eigenvalue weighted by Crippen LogP contribution is -2.30. The predicted octanol–water partition coefficient (Wildman–Crippen LogP) is 4.14. The Hall–Kier alpha value is -2.13. The minimum atomic E-state index is -0.257. The first-order chi connectivity index (χ1) is 15.6. The van der Waals surface area contributed by atoms with Gasteiger partial charge < -0.3 is 14.2 Å². The van der Waals surface area contributed by atoms with Crippen molar-refractivity contribution in [3.8, 4) is 0 Å². The van der Waals surface area contributed by atoms with Gasteiger partial charge in [-0.05, 0) is 43.2 Å². The molecule has 4 rings (SSSR count). The van der Waals surface area contributed by atoms with Crippen molar-refractivity contribution >= 4 is 62.4 Å². The summed E-state index contributed by atoms with van der Waals surface area (Å²) >= 11 is 8.86. The first-order valence-corrected chi connectivity index (χ1v) is 12.8. The molecule has 0 N–H and O–H groups in total. The smallest absolute Gasteiger partial charge is 0.258 e. The van der Waals surface area contributed by atoms with E-state index in [2.05, 4.69) is 11.1 Å². The van der Waals surface area contributed by atoms with E-state index in [0.29, 0.717) is 36.1 Å². The number of benzene rings is 2. The summed E-state index contributed by atoms with van der Waals surface area (Å²) in [6, 6.07) is 13.6. The number of aromatic nitrogens is 1. The third-order valence-electron chi connectivity index (χ3n) is 5.17. The number of anilines is 1. The third kappa shape index (κ3) is 5.26. The average molecular weight is 490 g/mol. The lowest BCUT2D eigenvalue weighted by atomic mass is 10.2. The summed E-state index contributed by atoms with van der Waals surface area (Å²) in [6.07, 6.45) is 0.874. The van der Waals surface area contributed by atoms with E-state index in [1.807, 2.05) is 47.9 Å². The van der Waals surface area contributed by atoms with Crippen LogP contribution in [0.2, 0.25) is 5.02 Å². The van der Waals surface area contributed by atoms with Crippen LogP contribution in [0.5, 0.6) is 0 Å². The normalized spacial score (nSPS) is 13.7. The quantitative estimate of drug-likeness (QED) is 0.446. The molecule has 0 saturated heterocycles. The topological polar surface area (TPSA) is 63.9 Å². The van der Waals surface area contributed by atoms with Crippen molar-refractivity contribution in [2.24, 2.45) is 4.99 Å². The lowest BCUT2D eigenvalue weighted by molar-refractivity contribution is -0.116. The van der Waals surface area contributed by atoms with Crippen LogP contribution in [0.25, 0.3) is 10.2 Å². The molecule has 0 fully saturated rings. The highest BCUT2D eigenvalue weighted by atomic mass is 35.5. The number of halogens is 1. The predicted molar refractivity (Wildman–Crippen MR) is 132 cm³/mol. The summed E-state index contributed by atoms with van der Waals surface area (Å²) in [5, 5.41) is 0.645. The lowest BCUT2D eigenvalue weighted by Gasteiger charge is -2.16. The molecule has 1 aromatic heterocycles. The van der Waals surface area contributed by atoms with Gasteiger partial charge in [-0.2, -0.15) is 4.99 Å². The van der Waals surface area contributed by atoms with Crippen LogP contribution in [0, 0.1) is 0 Å². The number of hydrogen-bond donors (Lipinski definition) is 0. The van der Waals surface area contributed by atoms with Gasteiger partial charge in [0.05, 0.1) is 28.3 Å². The molecule has 0 atom stereocenters. The molecule has 9 heteroatoms. The summed E-state index contributed by atoms with van der Waals surface area (Å²) in [4.78, 5) is 32.0. The van der Waals surface area contributed by atoms with Gasteiger partial charge in [0.15, 0.2) is 4.80 Å². The fourth-order valence-electron chi connectivity index (χ4n) is 3.69. The highest BCUT2D eigenvalue weighted by Gasteiger charge is 2.23. The minimum absolute atomic E-state index is 0.0241. The van der Waals surface area contributed by atoms with Crippen LogP contribution in [-0.2, 0) is 27.3 Å². The molecule has 2 aromatic carbocycles. The third-order valence-corrected chi connectivity index (χ3v) is 7.35. The monoisotopic (exact) mass is 489 g/mol. The maximum atomic E-state index is 12.6. The van der Waals surface area contributed by atoms with Gasteiger partial charge in [-0.15, -0.1) is 11.8 Å². The number of fused-ring (bicyclic) bond motifs is 2. The number of rotatable bonds is 8. The Balaban J connectivity index is 1.42. The van der Waals surface area contributed by atoms with E-state index in [4.69, 9.17) is 16.3 Å². The second-order valence-electron chi connectivity index (χ2n) is 7.27. The van der Waals surface area contributed by atoms with Crippen LogP contribution in [0.15, 0.2) is 47.5 Å². The minimum Gasteiger partial charge on any atom is -0.380 e. The maximum Gasteiger partial charge on any atom is 0.258 e. The number of ether oxygens (including phenoxy) is 1. The van der Waals surface area contributed by atoms with Crippen LogP contribution in [0.1, 0.15) is 12.5 Å². The maximum absolute atomic E-state index is 12.6. The molecule has 0 radical (unpaired) electrons. The molecule has 1 aliphatic rings. The molecule has 0 spiro atoms. The first kappa shape index (κ1) is 23.0. The Labute approximate surface area is 199 Å². The number of nitrogens with zero attached hydrogens (tertiary/aromatic N) is 3. The first-order valence-electron chi connectivity index (χ1n) is 10.5. The molecule has 1 aliphatic heterocycles. The number of amides is 2. The average Bonchev–Trinajstić information content (AvgIpc) is 3.35. The summed E-state index contributed by atoms with van der Waals surface area (Å²) < 4.78 is 8.44. The number of para-hydroxylation sites is 1. The van der Waals surface area contributed by atoms with Gasteiger partial charge in [0.2, 0.25) is 5.91 Å². The van der Waals surface area contributed by atoms with Gasteiger partial charge >= 0.3 is 0 Å². The van der Waals surface area contributed by atoms with Crippen LogP contribution in [0.3, 0.4) is 0 Å². The van der Waals surface area contributed by atoms with Gasteiger partial charge in [-0.3, -0.25) is 9.59 Å². The molecule has 2 heterocycles. The van der Waals surface area contributed by atoms with E-state index in [1.165, 1.54) is 28.7 Å². The number of hydrogen-bond acceptors (Lipinski definition) is 5. The molecule has 0 unspecified atom stereocenters. The van der Waals surface area contributed by atoms with Crippen LogP contribution in [-0.4, -0.2) is 47.6 Å². The van der Waals surface area contributed by atoms with Crippen molar-refractivity contribution in [2.75, 3.05) is 36.2 Å². The molecule has 0 saturated carbocycles. The molecular weight excluding hydrogens is 466 g/mol. The highest BCUT2D eigenvalue weighted by molar-refractivity contribution is 8.00. The standard InChI is InChI=1S/C23H24ClN3O3S2/c1-2-30-12-11-27-19-8-7-17(24)13-20(19)32-23(27)25-21(28)14-31-15-22(29)26-10-9-16-5-3-4-6-18(16)26/h3-8,13H,2,9-12,14-15H2,1H3. The Morgan fingerprint density at radius 3 is 2.91 bits per heavy atom. The molecule has 168 valence electrons. The van der Waals surface area contributed by atoms with E-state index in [-0.39, 0.29) is 23.3 Å². The van der Waals surface area contributed by atoms with Crippen molar-refractivity contribution in [1.82, 2.24) is 4.57 Å².